The van der Waals surface area contributed by atoms with E-state index in [1.54, 1.807) is 0 Å². The van der Waals surface area contributed by atoms with Crippen molar-refractivity contribution in [1.82, 2.24) is 15.5 Å². The third-order valence-corrected chi connectivity index (χ3v) is 4.55. The fourth-order valence-corrected chi connectivity index (χ4v) is 3.26. The zero-order valence-corrected chi connectivity index (χ0v) is 17.2. The van der Waals surface area contributed by atoms with Crippen molar-refractivity contribution in [3.05, 3.63) is 29.8 Å². The second-order valence-corrected chi connectivity index (χ2v) is 7.81. The van der Waals surface area contributed by atoms with Crippen LogP contribution in [-0.2, 0) is 11.3 Å². The second kappa shape index (κ2) is 11.1. The van der Waals surface area contributed by atoms with Crippen molar-refractivity contribution in [3.8, 4) is 5.75 Å². The van der Waals surface area contributed by atoms with E-state index in [9.17, 15) is 4.79 Å². The van der Waals surface area contributed by atoms with Gasteiger partial charge in [0.15, 0.2) is 0 Å². The number of ether oxygens (including phenoxy) is 2. The molecule has 1 saturated heterocycles. The van der Waals surface area contributed by atoms with Crippen molar-refractivity contribution in [3.63, 3.8) is 0 Å². The number of carbonyl (C=O) groups is 1. The lowest BCUT2D eigenvalue weighted by atomic mass is 10.0. The summed E-state index contributed by atoms with van der Waals surface area (Å²) in [5, 5.41) is 5.97. The molecule has 0 radical (unpaired) electrons. The number of morpholine rings is 1. The maximum absolute atomic E-state index is 12.2. The standard InChI is InChI=1S/C21H35N3O3/c1-16(2)13-19(24-9-11-26-12-10-24)15-23-21(25)22-14-18-5-7-20(8-6-18)27-17(3)4/h5-8,16-17,19H,9-15H2,1-4H3,(H2,22,23,25). The Balaban J connectivity index is 1.76. The molecule has 2 N–H and O–H groups in total. The third kappa shape index (κ3) is 8.18. The molecule has 1 unspecified atom stereocenters. The van der Waals surface area contributed by atoms with Crippen LogP contribution in [0.25, 0.3) is 0 Å². The number of hydrogen-bond acceptors (Lipinski definition) is 4. The van der Waals surface area contributed by atoms with E-state index in [1.807, 2.05) is 38.1 Å². The van der Waals surface area contributed by atoms with Gasteiger partial charge in [0.05, 0.1) is 19.3 Å². The summed E-state index contributed by atoms with van der Waals surface area (Å²) in [6, 6.07) is 8.06. The average molecular weight is 378 g/mol. The number of nitrogens with one attached hydrogen (secondary N) is 2. The van der Waals surface area contributed by atoms with E-state index in [0.29, 0.717) is 25.0 Å². The zero-order chi connectivity index (χ0) is 19.6. The largest absolute Gasteiger partial charge is 0.491 e. The van der Waals surface area contributed by atoms with Gasteiger partial charge < -0.3 is 20.1 Å². The minimum atomic E-state index is -0.125. The highest BCUT2D eigenvalue weighted by molar-refractivity contribution is 5.73. The summed E-state index contributed by atoms with van der Waals surface area (Å²) in [6.07, 6.45) is 1.22. The molecule has 1 aliphatic rings. The van der Waals surface area contributed by atoms with E-state index in [0.717, 1.165) is 44.0 Å². The first-order valence-corrected chi connectivity index (χ1v) is 10.0. The predicted octanol–water partition coefficient (Wildman–Crippen LogP) is 3.02. The Morgan fingerprint density at radius 1 is 1.11 bits per heavy atom. The molecule has 0 bridgehead atoms. The fraction of sp³-hybridized carbons (Fsp3) is 0.667. The summed E-state index contributed by atoms with van der Waals surface area (Å²) in [6.45, 7) is 13.0. The maximum atomic E-state index is 12.2. The van der Waals surface area contributed by atoms with Gasteiger partial charge in [-0.2, -0.15) is 0 Å². The van der Waals surface area contributed by atoms with Crippen LogP contribution in [0.4, 0.5) is 4.79 Å². The van der Waals surface area contributed by atoms with Crippen molar-refractivity contribution in [2.75, 3.05) is 32.8 Å². The maximum Gasteiger partial charge on any atom is 0.315 e. The lowest BCUT2D eigenvalue weighted by Crippen LogP contribution is -2.50. The van der Waals surface area contributed by atoms with E-state index >= 15 is 0 Å². The lowest BCUT2D eigenvalue weighted by Gasteiger charge is -2.35. The van der Waals surface area contributed by atoms with Gasteiger partial charge in [-0.15, -0.1) is 0 Å². The minimum absolute atomic E-state index is 0.125. The van der Waals surface area contributed by atoms with Crippen LogP contribution in [0.15, 0.2) is 24.3 Å². The number of carbonyl (C=O) groups excluding carboxylic acids is 1. The Hall–Kier alpha value is -1.79. The number of amides is 2. The summed E-state index contributed by atoms with van der Waals surface area (Å²) >= 11 is 0. The molecule has 6 heteroatoms. The summed E-state index contributed by atoms with van der Waals surface area (Å²) < 4.78 is 11.1. The van der Waals surface area contributed by atoms with Crippen molar-refractivity contribution < 1.29 is 14.3 Å². The number of urea groups is 1. The first-order chi connectivity index (χ1) is 12.9. The molecule has 1 atom stereocenters. The van der Waals surface area contributed by atoms with Gasteiger partial charge in [0, 0.05) is 32.2 Å². The average Bonchev–Trinajstić information content (AvgIpc) is 2.64. The Kier molecular flexibility index (Phi) is 8.88. The van der Waals surface area contributed by atoms with E-state index in [1.165, 1.54) is 0 Å². The summed E-state index contributed by atoms with van der Waals surface area (Å²) in [4.78, 5) is 14.6. The highest BCUT2D eigenvalue weighted by atomic mass is 16.5. The SMILES string of the molecule is CC(C)CC(CNC(=O)NCc1ccc(OC(C)C)cc1)N1CCOCC1. The van der Waals surface area contributed by atoms with Crippen LogP contribution in [-0.4, -0.2) is 55.9 Å². The highest BCUT2D eigenvalue weighted by Gasteiger charge is 2.22. The molecule has 1 aromatic rings. The Bertz CT molecular complexity index is 554. The molecule has 2 amide bonds. The molecular formula is C21H35N3O3. The second-order valence-electron chi connectivity index (χ2n) is 7.81. The fourth-order valence-electron chi connectivity index (χ4n) is 3.26. The van der Waals surface area contributed by atoms with Crippen LogP contribution in [0.5, 0.6) is 5.75 Å². The van der Waals surface area contributed by atoms with Crippen LogP contribution in [0, 0.1) is 5.92 Å². The zero-order valence-electron chi connectivity index (χ0n) is 17.2. The number of nitrogens with zero attached hydrogens (tertiary/aromatic N) is 1. The first-order valence-electron chi connectivity index (χ1n) is 10.0. The number of benzene rings is 1. The van der Waals surface area contributed by atoms with Crippen molar-refractivity contribution in [1.29, 1.82) is 0 Å². The van der Waals surface area contributed by atoms with E-state index in [2.05, 4.69) is 29.4 Å². The van der Waals surface area contributed by atoms with Gasteiger partial charge in [-0.25, -0.2) is 4.79 Å². The molecule has 1 fully saturated rings. The van der Waals surface area contributed by atoms with Crippen molar-refractivity contribution in [2.45, 2.75) is 52.8 Å². The molecule has 0 aliphatic carbocycles. The first kappa shape index (κ1) is 21.5. The van der Waals surface area contributed by atoms with Crippen LogP contribution < -0.4 is 15.4 Å². The molecule has 27 heavy (non-hydrogen) atoms. The molecule has 1 aromatic carbocycles. The monoisotopic (exact) mass is 377 g/mol. The van der Waals surface area contributed by atoms with Gasteiger partial charge in [0.1, 0.15) is 5.75 Å². The van der Waals surface area contributed by atoms with E-state index in [4.69, 9.17) is 9.47 Å². The van der Waals surface area contributed by atoms with Crippen LogP contribution in [0.3, 0.4) is 0 Å². The normalized spacial score (nSPS) is 16.4. The van der Waals surface area contributed by atoms with Crippen molar-refractivity contribution >= 4 is 6.03 Å². The lowest BCUT2D eigenvalue weighted by molar-refractivity contribution is 0.0129. The van der Waals surface area contributed by atoms with Gasteiger partial charge in [-0.1, -0.05) is 26.0 Å². The van der Waals surface area contributed by atoms with Gasteiger partial charge >= 0.3 is 6.03 Å². The predicted molar refractivity (Wildman–Crippen MR) is 108 cm³/mol. The Morgan fingerprint density at radius 2 is 1.78 bits per heavy atom. The minimum Gasteiger partial charge on any atom is -0.491 e. The summed E-state index contributed by atoms with van der Waals surface area (Å²) in [5.74, 6) is 1.44. The van der Waals surface area contributed by atoms with Crippen molar-refractivity contribution in [2.24, 2.45) is 5.92 Å². The molecule has 2 rings (SSSR count). The smallest absolute Gasteiger partial charge is 0.315 e. The highest BCUT2D eigenvalue weighted by Crippen LogP contribution is 2.14. The van der Waals surface area contributed by atoms with E-state index in [-0.39, 0.29) is 12.1 Å². The molecule has 0 spiro atoms. The molecule has 1 heterocycles. The van der Waals surface area contributed by atoms with Gasteiger partial charge in [-0.3, -0.25) is 4.90 Å². The molecule has 152 valence electrons. The van der Waals surface area contributed by atoms with Gasteiger partial charge in [0.2, 0.25) is 0 Å². The van der Waals surface area contributed by atoms with Crippen LogP contribution in [0.1, 0.15) is 39.7 Å². The Labute approximate surface area is 163 Å². The topological polar surface area (TPSA) is 62.8 Å². The number of hydrogen-bond donors (Lipinski definition) is 2. The van der Waals surface area contributed by atoms with Crippen LogP contribution >= 0.6 is 0 Å². The molecule has 0 saturated carbocycles. The molecule has 0 aromatic heterocycles. The van der Waals surface area contributed by atoms with Gasteiger partial charge in [0.25, 0.3) is 0 Å². The molecule has 1 aliphatic heterocycles. The number of rotatable bonds is 9. The van der Waals surface area contributed by atoms with E-state index < -0.39 is 0 Å². The summed E-state index contributed by atoms with van der Waals surface area (Å²) in [5.41, 5.74) is 1.05. The quantitative estimate of drug-likeness (QED) is 0.694. The van der Waals surface area contributed by atoms with Gasteiger partial charge in [-0.05, 0) is 43.9 Å². The third-order valence-electron chi connectivity index (χ3n) is 4.55. The molecule has 6 nitrogen and oxygen atoms in total. The molecular weight excluding hydrogens is 342 g/mol. The Morgan fingerprint density at radius 3 is 2.37 bits per heavy atom. The summed E-state index contributed by atoms with van der Waals surface area (Å²) in [7, 11) is 0. The van der Waals surface area contributed by atoms with Crippen LogP contribution in [0.2, 0.25) is 0 Å².